The maximum absolute atomic E-state index is 14.1. The lowest BCUT2D eigenvalue weighted by atomic mass is 9.68. The summed E-state index contributed by atoms with van der Waals surface area (Å²) in [6.45, 7) is 1.99. The minimum atomic E-state index is -0.900. The Balaban J connectivity index is 1.48. The van der Waals surface area contributed by atoms with Gasteiger partial charge in [0.05, 0.1) is 17.4 Å². The molecule has 2 aliphatic heterocycles. The van der Waals surface area contributed by atoms with E-state index in [0.717, 1.165) is 38.2 Å². The number of piperidine rings is 1. The number of carbonyl (C=O) groups excluding carboxylic acids is 2. The standard InChI is InChI=1S/C22H28F2N2O3/c1-29-15-22(7-3-8-22)20(28)26-12-10-21(14-26)9-4-11-25(19(21)27)13-16-5-2-6-17(23)18(16)24/h2,5-6H,3-4,7-15H2,1H3. The van der Waals surface area contributed by atoms with Gasteiger partial charge < -0.3 is 14.5 Å². The van der Waals surface area contributed by atoms with Crippen molar-refractivity contribution in [3.8, 4) is 0 Å². The molecule has 0 radical (unpaired) electrons. The van der Waals surface area contributed by atoms with Crippen molar-refractivity contribution in [2.24, 2.45) is 10.8 Å². The molecule has 4 rings (SSSR count). The summed E-state index contributed by atoms with van der Waals surface area (Å²) in [5.74, 6) is -1.74. The van der Waals surface area contributed by atoms with Crippen LogP contribution in [0.25, 0.3) is 0 Å². The van der Waals surface area contributed by atoms with Gasteiger partial charge in [0.2, 0.25) is 11.8 Å². The number of nitrogens with zero attached hydrogens (tertiary/aromatic N) is 2. The van der Waals surface area contributed by atoms with Crippen LogP contribution in [0.1, 0.15) is 44.1 Å². The van der Waals surface area contributed by atoms with E-state index < -0.39 is 22.5 Å². The summed E-state index contributed by atoms with van der Waals surface area (Å²) < 4.78 is 32.9. The van der Waals surface area contributed by atoms with Crippen LogP contribution in [0.5, 0.6) is 0 Å². The van der Waals surface area contributed by atoms with Crippen LogP contribution in [0.2, 0.25) is 0 Å². The first-order valence-corrected chi connectivity index (χ1v) is 10.4. The third kappa shape index (κ3) is 3.43. The van der Waals surface area contributed by atoms with E-state index in [1.165, 1.54) is 12.1 Å². The van der Waals surface area contributed by atoms with E-state index in [1.54, 1.807) is 12.0 Å². The van der Waals surface area contributed by atoms with Crippen LogP contribution in [0.15, 0.2) is 18.2 Å². The molecule has 0 bridgehead atoms. The lowest BCUT2D eigenvalue weighted by molar-refractivity contribution is -0.153. The topological polar surface area (TPSA) is 49.9 Å². The summed E-state index contributed by atoms with van der Waals surface area (Å²) in [4.78, 5) is 29.9. The van der Waals surface area contributed by atoms with E-state index in [4.69, 9.17) is 4.74 Å². The number of likely N-dealkylation sites (tertiary alicyclic amines) is 2. The Morgan fingerprint density at radius 2 is 1.93 bits per heavy atom. The first-order valence-electron chi connectivity index (χ1n) is 10.4. The summed E-state index contributed by atoms with van der Waals surface area (Å²) in [5.41, 5.74) is -0.840. The maximum Gasteiger partial charge on any atom is 0.231 e. The molecular weight excluding hydrogens is 378 g/mol. The van der Waals surface area contributed by atoms with Crippen molar-refractivity contribution in [1.29, 1.82) is 0 Å². The first kappa shape index (κ1) is 20.3. The second-order valence-electron chi connectivity index (χ2n) is 8.87. The van der Waals surface area contributed by atoms with Gasteiger partial charge in [-0.15, -0.1) is 0 Å². The van der Waals surface area contributed by atoms with E-state index in [2.05, 4.69) is 0 Å². The molecular formula is C22H28F2N2O3. The molecule has 1 saturated carbocycles. The molecule has 1 aromatic carbocycles. The monoisotopic (exact) mass is 406 g/mol. The van der Waals surface area contributed by atoms with Gasteiger partial charge in [0, 0.05) is 38.9 Å². The normalized spacial score (nSPS) is 26.1. The summed E-state index contributed by atoms with van der Waals surface area (Å²) in [5, 5.41) is 0. The molecule has 2 saturated heterocycles. The summed E-state index contributed by atoms with van der Waals surface area (Å²) in [6.07, 6.45) is 4.86. The van der Waals surface area contributed by atoms with Crippen LogP contribution in [-0.4, -0.2) is 55.0 Å². The van der Waals surface area contributed by atoms with E-state index in [9.17, 15) is 18.4 Å². The fraction of sp³-hybridized carbons (Fsp3) is 0.636. The highest BCUT2D eigenvalue weighted by Gasteiger charge is 2.53. The smallest absolute Gasteiger partial charge is 0.231 e. The second kappa shape index (κ2) is 7.67. The Morgan fingerprint density at radius 3 is 2.62 bits per heavy atom. The lowest BCUT2D eigenvalue weighted by Crippen LogP contribution is -2.53. The number of methoxy groups -OCH3 is 1. The fourth-order valence-electron chi connectivity index (χ4n) is 5.24. The SMILES string of the molecule is COCC1(C(=O)N2CCC3(CCCN(Cc4cccc(F)c4F)C3=O)C2)CCC1. The van der Waals surface area contributed by atoms with E-state index in [1.807, 2.05) is 4.90 Å². The van der Waals surface area contributed by atoms with Crippen molar-refractivity contribution >= 4 is 11.8 Å². The van der Waals surface area contributed by atoms with Gasteiger partial charge in [0.1, 0.15) is 0 Å². The molecule has 3 aliphatic rings. The Morgan fingerprint density at radius 1 is 1.14 bits per heavy atom. The molecule has 0 N–H and O–H groups in total. The molecule has 1 unspecified atom stereocenters. The van der Waals surface area contributed by atoms with Gasteiger partial charge in [-0.25, -0.2) is 8.78 Å². The Labute approximate surface area is 170 Å². The van der Waals surface area contributed by atoms with Gasteiger partial charge in [0.15, 0.2) is 11.6 Å². The molecule has 2 heterocycles. The summed E-state index contributed by atoms with van der Waals surface area (Å²) in [7, 11) is 1.62. The number of benzene rings is 1. The second-order valence-corrected chi connectivity index (χ2v) is 8.87. The third-order valence-electron chi connectivity index (χ3n) is 7.04. The number of carbonyl (C=O) groups is 2. The number of ether oxygens (including phenoxy) is 1. The van der Waals surface area contributed by atoms with Gasteiger partial charge in [-0.05, 0) is 38.2 Å². The van der Waals surface area contributed by atoms with Gasteiger partial charge in [-0.3, -0.25) is 9.59 Å². The Hall–Kier alpha value is -2.02. The average molecular weight is 406 g/mol. The van der Waals surface area contributed by atoms with Crippen LogP contribution in [0, 0.1) is 22.5 Å². The van der Waals surface area contributed by atoms with Crippen LogP contribution < -0.4 is 0 Å². The Bertz CT molecular complexity index is 811. The number of hydrogen-bond acceptors (Lipinski definition) is 3. The quantitative estimate of drug-likeness (QED) is 0.755. The van der Waals surface area contributed by atoms with Gasteiger partial charge in [-0.2, -0.15) is 0 Å². The Kier molecular flexibility index (Phi) is 5.36. The van der Waals surface area contributed by atoms with Crippen LogP contribution in [0.3, 0.4) is 0 Å². The summed E-state index contributed by atoms with van der Waals surface area (Å²) >= 11 is 0. The minimum Gasteiger partial charge on any atom is -0.384 e. The van der Waals surface area contributed by atoms with Crippen LogP contribution >= 0.6 is 0 Å². The fourth-order valence-corrected chi connectivity index (χ4v) is 5.24. The van der Waals surface area contributed by atoms with Crippen molar-refractivity contribution in [3.63, 3.8) is 0 Å². The van der Waals surface area contributed by atoms with E-state index >= 15 is 0 Å². The molecule has 2 amide bonds. The van der Waals surface area contributed by atoms with Crippen molar-refractivity contribution in [3.05, 3.63) is 35.4 Å². The zero-order chi connectivity index (χ0) is 20.6. The predicted octanol–water partition coefficient (Wildman–Crippen LogP) is 3.12. The highest BCUT2D eigenvalue weighted by atomic mass is 19.2. The van der Waals surface area contributed by atoms with E-state index in [-0.39, 0.29) is 23.9 Å². The molecule has 0 aromatic heterocycles. The van der Waals surface area contributed by atoms with Gasteiger partial charge in [0.25, 0.3) is 0 Å². The predicted molar refractivity (Wildman–Crippen MR) is 103 cm³/mol. The zero-order valence-electron chi connectivity index (χ0n) is 16.9. The number of halogens is 2. The first-order chi connectivity index (χ1) is 13.9. The minimum absolute atomic E-state index is 0.0443. The molecule has 3 fully saturated rings. The number of rotatable bonds is 5. The molecule has 1 aromatic rings. The van der Waals surface area contributed by atoms with E-state index in [0.29, 0.717) is 32.7 Å². The third-order valence-corrected chi connectivity index (χ3v) is 7.04. The molecule has 1 atom stereocenters. The largest absolute Gasteiger partial charge is 0.384 e. The van der Waals surface area contributed by atoms with Crippen LogP contribution in [-0.2, 0) is 20.9 Å². The van der Waals surface area contributed by atoms with Gasteiger partial charge >= 0.3 is 0 Å². The average Bonchev–Trinajstić information content (AvgIpc) is 3.10. The van der Waals surface area contributed by atoms with Crippen molar-refractivity contribution < 1.29 is 23.1 Å². The maximum atomic E-state index is 14.1. The van der Waals surface area contributed by atoms with Gasteiger partial charge in [-0.1, -0.05) is 18.6 Å². The molecule has 29 heavy (non-hydrogen) atoms. The molecule has 1 aliphatic carbocycles. The van der Waals surface area contributed by atoms with Crippen molar-refractivity contribution in [2.45, 2.75) is 45.1 Å². The highest BCUT2D eigenvalue weighted by Crippen LogP contribution is 2.46. The number of amides is 2. The molecule has 1 spiro atoms. The summed E-state index contributed by atoms with van der Waals surface area (Å²) in [6, 6.07) is 4.05. The number of hydrogen-bond donors (Lipinski definition) is 0. The molecule has 7 heteroatoms. The van der Waals surface area contributed by atoms with Crippen molar-refractivity contribution in [1.82, 2.24) is 9.80 Å². The van der Waals surface area contributed by atoms with Crippen molar-refractivity contribution in [2.75, 3.05) is 33.4 Å². The molecule has 158 valence electrons. The molecule has 5 nitrogen and oxygen atoms in total. The zero-order valence-corrected chi connectivity index (χ0v) is 16.9. The lowest BCUT2D eigenvalue weighted by Gasteiger charge is -2.43. The highest BCUT2D eigenvalue weighted by molar-refractivity contribution is 5.88. The van der Waals surface area contributed by atoms with Crippen LogP contribution in [0.4, 0.5) is 8.78 Å².